The van der Waals surface area contributed by atoms with Crippen molar-refractivity contribution in [2.24, 2.45) is 0 Å². The van der Waals surface area contributed by atoms with Crippen molar-refractivity contribution in [3.63, 3.8) is 0 Å². The fraction of sp³-hybridized carbons (Fsp3) is 0. The first kappa shape index (κ1) is 11.3. The molecule has 1 unspecified atom stereocenters. The molecule has 1 atom stereocenters. The molecule has 4 nitrogen and oxygen atoms in total. The van der Waals surface area contributed by atoms with Crippen molar-refractivity contribution < 1.29 is 9.69 Å². The average Bonchev–Trinajstić information content (AvgIpc) is 2.40. The van der Waals surface area contributed by atoms with Gasteiger partial charge in [0.15, 0.2) is 0 Å². The van der Waals surface area contributed by atoms with Gasteiger partial charge < -0.3 is 4.90 Å². The Balaban J connectivity index is 2.06. The number of carbonyl (C=O) groups is 1. The van der Waals surface area contributed by atoms with E-state index in [2.05, 4.69) is 17.3 Å². The highest BCUT2D eigenvalue weighted by Crippen LogP contribution is 2.02. The number of carbonyl (C=O) groups excluding carboxylic acids is 1. The van der Waals surface area contributed by atoms with Gasteiger partial charge in [-0.15, -0.1) is 7.05 Å². The lowest BCUT2D eigenvalue weighted by atomic mass is 10.3. The maximum Gasteiger partial charge on any atom is 0.397 e. The summed E-state index contributed by atoms with van der Waals surface area (Å²) in [6, 6.07) is 12.7. The number of urea groups is 1. The Morgan fingerprint density at radius 1 is 1.18 bits per heavy atom. The molecule has 0 saturated heterocycles. The summed E-state index contributed by atoms with van der Waals surface area (Å²) in [6.45, 7) is 0. The van der Waals surface area contributed by atoms with Crippen molar-refractivity contribution in [2.45, 2.75) is 0 Å². The highest BCUT2D eigenvalue weighted by atomic mass is 16.2. The first-order valence-corrected chi connectivity index (χ1v) is 5.23. The molecule has 0 radical (unpaired) electrons. The van der Waals surface area contributed by atoms with Gasteiger partial charge >= 0.3 is 6.03 Å². The molecule has 4 heteroatoms. The lowest BCUT2D eigenvalue weighted by molar-refractivity contribution is -0.684. The minimum atomic E-state index is -0.218. The van der Waals surface area contributed by atoms with E-state index in [0.29, 0.717) is 10.6 Å². The SMILES string of the molecule is [CH2-][NH+](C(=O)Nc1cccnc1)c1ccccc1. The lowest BCUT2D eigenvalue weighted by Crippen LogP contribution is -3.05. The molecule has 86 valence electrons. The smallest absolute Gasteiger partial charge is 0.351 e. The average molecular weight is 227 g/mol. The van der Waals surface area contributed by atoms with Crippen LogP contribution in [0.5, 0.6) is 0 Å². The van der Waals surface area contributed by atoms with Crippen LogP contribution in [0.25, 0.3) is 0 Å². The Labute approximate surface area is 99.9 Å². The molecule has 17 heavy (non-hydrogen) atoms. The predicted octanol–water partition coefficient (Wildman–Crippen LogP) is 1.62. The summed E-state index contributed by atoms with van der Waals surface area (Å²) in [5, 5.41) is 2.74. The van der Waals surface area contributed by atoms with E-state index in [-0.39, 0.29) is 6.03 Å². The summed E-state index contributed by atoms with van der Waals surface area (Å²) >= 11 is 0. The van der Waals surface area contributed by atoms with Crippen molar-refractivity contribution >= 4 is 17.4 Å². The van der Waals surface area contributed by atoms with E-state index >= 15 is 0 Å². The summed E-state index contributed by atoms with van der Waals surface area (Å²) in [4.78, 5) is 16.2. The molecule has 2 N–H and O–H groups in total. The number of amides is 2. The normalized spacial score (nSPS) is 11.8. The van der Waals surface area contributed by atoms with Crippen molar-refractivity contribution in [3.8, 4) is 0 Å². The molecule has 0 aliphatic carbocycles. The van der Waals surface area contributed by atoms with Crippen LogP contribution in [0.2, 0.25) is 0 Å². The number of pyridine rings is 1. The predicted molar refractivity (Wildman–Crippen MR) is 65.7 cm³/mol. The molecule has 0 aliphatic rings. The topological polar surface area (TPSA) is 46.4 Å². The minimum absolute atomic E-state index is 0.218. The number of aromatic nitrogens is 1. The third-order valence-corrected chi connectivity index (χ3v) is 2.32. The molecule has 0 aliphatic heterocycles. The molecule has 2 rings (SSSR count). The Bertz CT molecular complexity index is 485. The van der Waals surface area contributed by atoms with Gasteiger partial charge in [-0.1, -0.05) is 18.2 Å². The van der Waals surface area contributed by atoms with Gasteiger partial charge in [0.2, 0.25) is 0 Å². The number of nitrogens with one attached hydrogen (secondary N) is 2. The van der Waals surface area contributed by atoms with Crippen LogP contribution in [0.15, 0.2) is 54.9 Å². The van der Waals surface area contributed by atoms with Gasteiger partial charge in [-0.3, -0.25) is 10.3 Å². The summed E-state index contributed by atoms with van der Waals surface area (Å²) in [5.41, 5.74) is 1.48. The third kappa shape index (κ3) is 2.89. The lowest BCUT2D eigenvalue weighted by Gasteiger charge is -2.17. The second kappa shape index (κ2) is 5.23. The van der Waals surface area contributed by atoms with Crippen LogP contribution < -0.4 is 10.2 Å². The first-order valence-electron chi connectivity index (χ1n) is 5.23. The zero-order valence-corrected chi connectivity index (χ0v) is 9.26. The standard InChI is InChI=1S/C13H13N3O/c1-16(12-7-3-2-4-8-12)13(17)15-11-6-5-9-14-10-11/h2-10,16H,1H2,(H,15,17). The number of quaternary nitrogens is 1. The molecular formula is C13H13N3O. The molecule has 1 heterocycles. The van der Waals surface area contributed by atoms with E-state index in [1.807, 2.05) is 30.3 Å². The molecule has 2 amide bonds. The molecular weight excluding hydrogens is 214 g/mol. The van der Waals surface area contributed by atoms with Gasteiger partial charge in [0.05, 0.1) is 11.9 Å². The molecule has 2 aromatic rings. The number of benzene rings is 1. The highest BCUT2D eigenvalue weighted by molar-refractivity contribution is 5.83. The number of hydrogen-bond donors (Lipinski definition) is 2. The molecule has 0 bridgehead atoms. The van der Waals surface area contributed by atoms with E-state index in [1.165, 1.54) is 0 Å². The van der Waals surface area contributed by atoms with Crippen LogP contribution in [0.3, 0.4) is 0 Å². The van der Waals surface area contributed by atoms with Gasteiger partial charge in [0.25, 0.3) is 0 Å². The van der Waals surface area contributed by atoms with Crippen LogP contribution in [-0.2, 0) is 0 Å². The second-order valence-electron chi connectivity index (χ2n) is 3.54. The van der Waals surface area contributed by atoms with Crippen molar-refractivity contribution in [2.75, 3.05) is 5.32 Å². The van der Waals surface area contributed by atoms with Crippen LogP contribution in [0, 0.1) is 7.05 Å². The van der Waals surface area contributed by atoms with Crippen LogP contribution in [0.1, 0.15) is 0 Å². The number of nitrogens with zero attached hydrogens (tertiary/aromatic N) is 1. The maximum absolute atomic E-state index is 11.9. The quantitative estimate of drug-likeness (QED) is 0.766. The van der Waals surface area contributed by atoms with E-state index in [0.717, 1.165) is 5.69 Å². The van der Waals surface area contributed by atoms with E-state index < -0.39 is 0 Å². The number of hydrogen-bond acceptors (Lipinski definition) is 2. The summed E-state index contributed by atoms with van der Waals surface area (Å²) < 4.78 is 0. The zero-order chi connectivity index (χ0) is 12.1. The van der Waals surface area contributed by atoms with Crippen molar-refractivity contribution in [1.82, 2.24) is 4.98 Å². The van der Waals surface area contributed by atoms with Crippen LogP contribution in [-0.4, -0.2) is 11.0 Å². The Kier molecular flexibility index (Phi) is 3.47. The molecule has 1 aromatic carbocycles. The second-order valence-corrected chi connectivity index (χ2v) is 3.54. The van der Waals surface area contributed by atoms with Gasteiger partial charge in [-0.05, 0) is 24.3 Å². The number of rotatable bonds is 2. The van der Waals surface area contributed by atoms with Gasteiger partial charge in [-0.2, -0.15) is 0 Å². The monoisotopic (exact) mass is 227 g/mol. The highest BCUT2D eigenvalue weighted by Gasteiger charge is 2.11. The maximum atomic E-state index is 11.9. The van der Waals surface area contributed by atoms with Crippen LogP contribution in [0.4, 0.5) is 16.2 Å². The zero-order valence-electron chi connectivity index (χ0n) is 9.26. The van der Waals surface area contributed by atoms with Crippen LogP contribution >= 0.6 is 0 Å². The van der Waals surface area contributed by atoms with Gasteiger partial charge in [-0.25, -0.2) is 4.79 Å². The molecule has 0 spiro atoms. The fourth-order valence-electron chi connectivity index (χ4n) is 1.41. The number of anilines is 1. The largest absolute Gasteiger partial charge is 0.397 e. The van der Waals surface area contributed by atoms with Crippen molar-refractivity contribution in [1.29, 1.82) is 0 Å². The summed E-state index contributed by atoms with van der Waals surface area (Å²) in [7, 11) is 3.79. The van der Waals surface area contributed by atoms with Gasteiger partial charge in [0, 0.05) is 6.20 Å². The Morgan fingerprint density at radius 3 is 2.59 bits per heavy atom. The van der Waals surface area contributed by atoms with E-state index in [1.54, 1.807) is 24.5 Å². The summed E-state index contributed by atoms with van der Waals surface area (Å²) in [6.07, 6.45) is 3.25. The molecule has 0 fully saturated rings. The molecule has 1 aromatic heterocycles. The number of para-hydroxylation sites is 1. The Hall–Kier alpha value is -2.20. The Morgan fingerprint density at radius 2 is 1.94 bits per heavy atom. The molecule has 0 saturated carbocycles. The van der Waals surface area contributed by atoms with Crippen molar-refractivity contribution in [3.05, 3.63) is 61.9 Å². The minimum Gasteiger partial charge on any atom is -0.351 e. The van der Waals surface area contributed by atoms with E-state index in [4.69, 9.17) is 0 Å². The third-order valence-electron chi connectivity index (χ3n) is 2.32. The van der Waals surface area contributed by atoms with E-state index in [9.17, 15) is 4.79 Å². The van der Waals surface area contributed by atoms with Gasteiger partial charge in [0.1, 0.15) is 5.69 Å². The summed E-state index contributed by atoms with van der Waals surface area (Å²) in [5.74, 6) is 0. The first-order chi connectivity index (χ1) is 8.27. The fourth-order valence-corrected chi connectivity index (χ4v) is 1.41.